The van der Waals surface area contributed by atoms with Crippen molar-refractivity contribution in [3.63, 3.8) is 0 Å². The van der Waals surface area contributed by atoms with Gasteiger partial charge in [0.1, 0.15) is 12.4 Å². The molecule has 0 radical (unpaired) electrons. The number of hydrogen-bond donors (Lipinski definition) is 2. The first-order valence-corrected chi connectivity index (χ1v) is 12.4. The Kier molecular flexibility index (Phi) is 6.11. The fourth-order valence-corrected chi connectivity index (χ4v) is 6.10. The topological polar surface area (TPSA) is 83.6 Å². The monoisotopic (exact) mass is 516 g/mol. The molecule has 1 aromatic heterocycles. The van der Waals surface area contributed by atoms with Gasteiger partial charge in [0.25, 0.3) is 0 Å². The van der Waals surface area contributed by atoms with E-state index in [-0.39, 0.29) is 29.0 Å². The van der Waals surface area contributed by atoms with Crippen molar-refractivity contribution in [3.05, 3.63) is 59.3 Å². The van der Waals surface area contributed by atoms with E-state index in [1.54, 1.807) is 6.07 Å². The quantitative estimate of drug-likeness (QED) is 0.607. The highest BCUT2D eigenvalue weighted by Crippen LogP contribution is 2.49. The maximum Gasteiger partial charge on any atom is 0.413 e. The van der Waals surface area contributed by atoms with Crippen molar-refractivity contribution in [2.24, 2.45) is 11.3 Å². The van der Waals surface area contributed by atoms with Crippen molar-refractivity contribution in [1.29, 1.82) is 0 Å². The van der Waals surface area contributed by atoms with Crippen LogP contribution >= 0.6 is 0 Å². The van der Waals surface area contributed by atoms with Gasteiger partial charge in [-0.15, -0.1) is 0 Å². The number of rotatable bonds is 5. The number of carbonyl (C=O) groups is 2. The molecule has 2 amide bonds. The number of cyclic esters (lactones) is 1. The molecule has 2 atom stereocenters. The molecular weight excluding hydrogens is 485 g/mol. The summed E-state index contributed by atoms with van der Waals surface area (Å²) in [5, 5.41) is 5.99. The number of nitrogens with one attached hydrogen (secondary N) is 2. The second kappa shape index (κ2) is 8.92. The van der Waals surface area contributed by atoms with E-state index >= 15 is 0 Å². The molecule has 1 spiro atoms. The van der Waals surface area contributed by atoms with Crippen molar-refractivity contribution in [3.8, 4) is 0 Å². The molecule has 5 rings (SSSR count). The summed E-state index contributed by atoms with van der Waals surface area (Å²) in [5.74, 6) is -0.629. The SMILES string of the molecule is CN(C(=O)C1CC2(CNC(=O)OC2)C1)[C@@H](c1ccc(NC2Cc3ccccc3C2(C)C)nc1)C(F)(F)F. The molecular formula is C27H31F3N4O3. The highest BCUT2D eigenvalue weighted by atomic mass is 19.4. The fourth-order valence-electron chi connectivity index (χ4n) is 6.10. The third kappa shape index (κ3) is 4.62. The van der Waals surface area contributed by atoms with E-state index < -0.39 is 30.1 Å². The first-order valence-electron chi connectivity index (χ1n) is 12.4. The van der Waals surface area contributed by atoms with E-state index in [1.165, 1.54) is 30.4 Å². The number of hydrogen-bond acceptors (Lipinski definition) is 5. The van der Waals surface area contributed by atoms with Gasteiger partial charge >= 0.3 is 12.3 Å². The molecule has 2 fully saturated rings. The summed E-state index contributed by atoms with van der Waals surface area (Å²) in [6.45, 7) is 4.83. The lowest BCUT2D eigenvalue weighted by Crippen LogP contribution is -2.57. The van der Waals surface area contributed by atoms with Gasteiger partial charge in [-0.3, -0.25) is 4.79 Å². The van der Waals surface area contributed by atoms with Gasteiger partial charge < -0.3 is 20.3 Å². The van der Waals surface area contributed by atoms with Gasteiger partial charge in [-0.1, -0.05) is 44.2 Å². The maximum absolute atomic E-state index is 14.2. The second-order valence-corrected chi connectivity index (χ2v) is 11.2. The van der Waals surface area contributed by atoms with Gasteiger partial charge in [0, 0.05) is 48.1 Å². The number of alkyl halides is 3. The first-order chi connectivity index (χ1) is 17.4. The van der Waals surface area contributed by atoms with Gasteiger partial charge in [0.05, 0.1) is 0 Å². The minimum absolute atomic E-state index is 0.0467. The van der Waals surface area contributed by atoms with Crippen LogP contribution in [0.4, 0.5) is 23.8 Å². The zero-order valence-electron chi connectivity index (χ0n) is 21.1. The van der Waals surface area contributed by atoms with Gasteiger partial charge in [-0.05, 0) is 36.5 Å². The predicted molar refractivity (Wildman–Crippen MR) is 131 cm³/mol. The van der Waals surface area contributed by atoms with E-state index in [1.807, 2.05) is 12.1 Å². The third-order valence-corrected chi connectivity index (χ3v) is 8.30. The number of carbonyl (C=O) groups excluding carboxylic acids is 2. The van der Waals surface area contributed by atoms with E-state index in [4.69, 9.17) is 4.74 Å². The van der Waals surface area contributed by atoms with E-state index in [0.717, 1.165) is 11.3 Å². The number of fused-ring (bicyclic) bond motifs is 1. The number of anilines is 1. The molecule has 2 aromatic rings. The Morgan fingerprint density at radius 1 is 1.22 bits per heavy atom. The summed E-state index contributed by atoms with van der Waals surface area (Å²) in [6, 6.07) is 9.09. The molecule has 3 aliphatic rings. The van der Waals surface area contributed by atoms with Crippen LogP contribution in [0.5, 0.6) is 0 Å². The average Bonchev–Trinajstić information content (AvgIpc) is 3.08. The van der Waals surface area contributed by atoms with Crippen LogP contribution in [-0.4, -0.2) is 54.3 Å². The summed E-state index contributed by atoms with van der Waals surface area (Å²) in [6.07, 6.45) is -2.43. The smallest absolute Gasteiger partial charge is 0.413 e. The Morgan fingerprint density at radius 3 is 2.54 bits per heavy atom. The number of pyridine rings is 1. The summed E-state index contributed by atoms with van der Waals surface area (Å²) in [4.78, 5) is 29.3. The van der Waals surface area contributed by atoms with Crippen molar-refractivity contribution in [1.82, 2.24) is 15.2 Å². The molecule has 37 heavy (non-hydrogen) atoms. The number of aromatic nitrogens is 1. The molecule has 1 saturated carbocycles. The number of alkyl carbamates (subject to hydrolysis) is 1. The third-order valence-electron chi connectivity index (χ3n) is 8.30. The Labute approximate surface area is 213 Å². The van der Waals surface area contributed by atoms with Crippen molar-refractivity contribution < 1.29 is 27.5 Å². The van der Waals surface area contributed by atoms with Crippen LogP contribution in [0.2, 0.25) is 0 Å². The largest absolute Gasteiger partial charge is 0.449 e. The summed E-state index contributed by atoms with van der Waals surface area (Å²) >= 11 is 0. The van der Waals surface area contributed by atoms with Gasteiger partial charge in [-0.25, -0.2) is 9.78 Å². The standard InChI is InChI=1S/C27H31F3N4O3/c1-25(2)19-7-5-4-6-16(19)10-20(25)33-21-9-8-17(13-31-21)22(27(28,29)30)34(3)23(35)18-11-26(12-18)14-32-24(36)37-15-26/h4-9,13,18,20,22H,10-12,14-15H2,1-3H3,(H,31,33)(H,32,36)/t18?,20?,22-,26?/m0/s1. The van der Waals surface area contributed by atoms with Crippen molar-refractivity contribution >= 4 is 17.8 Å². The fraction of sp³-hybridized carbons (Fsp3) is 0.519. The van der Waals surface area contributed by atoms with Crippen LogP contribution in [0, 0.1) is 11.3 Å². The lowest BCUT2D eigenvalue weighted by atomic mass is 9.61. The molecule has 10 heteroatoms. The molecule has 198 valence electrons. The van der Waals surface area contributed by atoms with Crippen LogP contribution < -0.4 is 10.6 Å². The highest BCUT2D eigenvalue weighted by molar-refractivity contribution is 5.80. The number of halogens is 3. The normalized spacial score (nSPS) is 26.9. The molecule has 1 unspecified atom stereocenters. The highest BCUT2D eigenvalue weighted by Gasteiger charge is 2.53. The van der Waals surface area contributed by atoms with Gasteiger partial charge in [-0.2, -0.15) is 13.2 Å². The molecule has 2 aliphatic carbocycles. The molecule has 0 bridgehead atoms. The van der Waals surface area contributed by atoms with Gasteiger partial charge in [0.15, 0.2) is 6.04 Å². The number of ether oxygens (including phenoxy) is 1. The summed E-state index contributed by atoms with van der Waals surface area (Å²) in [7, 11) is 1.19. The lowest BCUT2D eigenvalue weighted by molar-refractivity contribution is -0.194. The zero-order chi connectivity index (χ0) is 26.6. The predicted octanol–water partition coefficient (Wildman–Crippen LogP) is 4.59. The molecule has 1 saturated heterocycles. The lowest BCUT2D eigenvalue weighted by Gasteiger charge is -2.49. The minimum atomic E-state index is -4.67. The van der Waals surface area contributed by atoms with E-state index in [2.05, 4.69) is 41.6 Å². The Hall–Kier alpha value is -3.30. The average molecular weight is 517 g/mol. The second-order valence-electron chi connectivity index (χ2n) is 11.2. The first kappa shape index (κ1) is 25.4. The summed E-state index contributed by atoms with van der Waals surface area (Å²) in [5.41, 5.74) is 1.86. The number of nitrogens with zero attached hydrogens (tertiary/aromatic N) is 2. The molecule has 7 nitrogen and oxygen atoms in total. The van der Waals surface area contributed by atoms with Crippen molar-refractivity contribution in [2.45, 2.75) is 56.8 Å². The van der Waals surface area contributed by atoms with E-state index in [0.29, 0.717) is 25.2 Å². The molecule has 1 aliphatic heterocycles. The summed E-state index contributed by atoms with van der Waals surface area (Å²) < 4.78 is 47.5. The molecule has 2 N–H and O–H groups in total. The van der Waals surface area contributed by atoms with Crippen molar-refractivity contribution in [2.75, 3.05) is 25.5 Å². The molecule has 2 heterocycles. The van der Waals surface area contributed by atoms with Crippen LogP contribution in [0.3, 0.4) is 0 Å². The minimum Gasteiger partial charge on any atom is -0.449 e. The number of amides is 2. The van der Waals surface area contributed by atoms with E-state index in [9.17, 15) is 22.8 Å². The van der Waals surface area contributed by atoms with Crippen LogP contribution in [-0.2, 0) is 21.4 Å². The Balaban J connectivity index is 1.27. The maximum atomic E-state index is 14.2. The molecule has 1 aromatic carbocycles. The van der Waals surface area contributed by atoms with Gasteiger partial charge in [0.2, 0.25) is 5.91 Å². The van der Waals surface area contributed by atoms with Crippen LogP contribution in [0.25, 0.3) is 0 Å². The number of benzene rings is 1. The van der Waals surface area contributed by atoms with Crippen LogP contribution in [0.1, 0.15) is 49.4 Å². The van der Waals surface area contributed by atoms with Crippen LogP contribution in [0.15, 0.2) is 42.6 Å². The Morgan fingerprint density at radius 2 is 1.95 bits per heavy atom. The zero-order valence-corrected chi connectivity index (χ0v) is 21.1. The Bertz CT molecular complexity index is 1180.